The van der Waals surface area contributed by atoms with Gasteiger partial charge < -0.3 is 24.5 Å². The standard InChI is InChI=1S/C26H22N2O6/c1-27-25(30)17-8-7-9-18(14-17)28-23(29)16-33-26(31)24-21(15-32-19-10-3-2-4-11-19)20-12-5-6-13-22(20)34-24/h2-14H,15-16H2,1H3,(H,27,30)(H,28,29). The van der Waals surface area contributed by atoms with Gasteiger partial charge in [0, 0.05) is 23.7 Å². The van der Waals surface area contributed by atoms with Crippen LogP contribution in [-0.4, -0.2) is 31.4 Å². The van der Waals surface area contributed by atoms with Gasteiger partial charge in [-0.1, -0.05) is 42.5 Å². The van der Waals surface area contributed by atoms with E-state index in [1.807, 2.05) is 42.5 Å². The summed E-state index contributed by atoms with van der Waals surface area (Å²) in [6.07, 6.45) is 0. The Morgan fingerprint density at radius 1 is 0.912 bits per heavy atom. The average Bonchev–Trinajstić information content (AvgIpc) is 3.25. The zero-order valence-electron chi connectivity index (χ0n) is 18.4. The highest BCUT2D eigenvalue weighted by molar-refractivity contribution is 5.99. The second-order valence-electron chi connectivity index (χ2n) is 7.29. The largest absolute Gasteiger partial charge is 0.489 e. The fraction of sp³-hybridized carbons (Fsp3) is 0.115. The Bertz CT molecular complexity index is 1330. The van der Waals surface area contributed by atoms with E-state index in [2.05, 4.69) is 10.6 Å². The van der Waals surface area contributed by atoms with Crippen LogP contribution in [0.3, 0.4) is 0 Å². The number of hydrogen-bond donors (Lipinski definition) is 2. The molecule has 0 saturated carbocycles. The molecule has 4 rings (SSSR count). The molecule has 0 bridgehead atoms. The number of rotatable bonds is 8. The van der Waals surface area contributed by atoms with Crippen molar-refractivity contribution in [1.29, 1.82) is 0 Å². The molecule has 8 heteroatoms. The van der Waals surface area contributed by atoms with Crippen molar-refractivity contribution >= 4 is 34.4 Å². The van der Waals surface area contributed by atoms with E-state index in [1.54, 1.807) is 30.3 Å². The zero-order valence-corrected chi connectivity index (χ0v) is 18.4. The lowest BCUT2D eigenvalue weighted by molar-refractivity contribution is -0.119. The first-order valence-electron chi connectivity index (χ1n) is 10.5. The first-order valence-corrected chi connectivity index (χ1v) is 10.5. The molecule has 0 spiro atoms. The van der Waals surface area contributed by atoms with Gasteiger partial charge in [-0.2, -0.15) is 0 Å². The van der Waals surface area contributed by atoms with E-state index in [0.717, 1.165) is 5.39 Å². The highest BCUT2D eigenvalue weighted by atomic mass is 16.5. The molecular formula is C26H22N2O6. The Kier molecular flexibility index (Phi) is 6.88. The highest BCUT2D eigenvalue weighted by Gasteiger charge is 2.23. The smallest absolute Gasteiger partial charge is 0.375 e. The van der Waals surface area contributed by atoms with Crippen LogP contribution >= 0.6 is 0 Å². The molecule has 34 heavy (non-hydrogen) atoms. The maximum Gasteiger partial charge on any atom is 0.375 e. The van der Waals surface area contributed by atoms with Crippen LogP contribution in [0, 0.1) is 0 Å². The van der Waals surface area contributed by atoms with Gasteiger partial charge in [0.15, 0.2) is 6.61 Å². The van der Waals surface area contributed by atoms with Gasteiger partial charge in [-0.3, -0.25) is 9.59 Å². The summed E-state index contributed by atoms with van der Waals surface area (Å²) in [5.74, 6) is -0.993. The lowest BCUT2D eigenvalue weighted by Crippen LogP contribution is -2.22. The second kappa shape index (κ2) is 10.4. The van der Waals surface area contributed by atoms with Crippen LogP contribution in [0.15, 0.2) is 83.3 Å². The number of benzene rings is 3. The number of carbonyl (C=O) groups is 3. The molecule has 8 nitrogen and oxygen atoms in total. The van der Waals surface area contributed by atoms with Gasteiger partial charge in [0.2, 0.25) is 5.76 Å². The normalized spacial score (nSPS) is 10.5. The van der Waals surface area contributed by atoms with Gasteiger partial charge in [-0.05, 0) is 36.4 Å². The summed E-state index contributed by atoms with van der Waals surface area (Å²) < 4.78 is 16.7. The molecule has 3 aromatic carbocycles. The van der Waals surface area contributed by atoms with E-state index in [0.29, 0.717) is 28.1 Å². The molecule has 0 fully saturated rings. The van der Waals surface area contributed by atoms with Crippen LogP contribution in [0.1, 0.15) is 26.5 Å². The fourth-order valence-corrected chi connectivity index (χ4v) is 3.36. The molecule has 0 unspecified atom stereocenters. The van der Waals surface area contributed by atoms with Crippen molar-refractivity contribution in [3.8, 4) is 5.75 Å². The van der Waals surface area contributed by atoms with Crippen molar-refractivity contribution in [2.24, 2.45) is 0 Å². The summed E-state index contributed by atoms with van der Waals surface area (Å²) >= 11 is 0. The first kappa shape index (κ1) is 22.6. The minimum Gasteiger partial charge on any atom is -0.489 e. The van der Waals surface area contributed by atoms with Gasteiger partial charge in [0.05, 0.1) is 5.56 Å². The summed E-state index contributed by atoms with van der Waals surface area (Å²) in [6, 6.07) is 22.8. The lowest BCUT2D eigenvalue weighted by Gasteiger charge is -2.09. The maximum atomic E-state index is 12.8. The third-order valence-electron chi connectivity index (χ3n) is 4.98. The molecule has 172 valence electrons. The summed E-state index contributed by atoms with van der Waals surface area (Å²) in [5, 5.41) is 5.84. The van der Waals surface area contributed by atoms with Gasteiger partial charge in [0.25, 0.3) is 11.8 Å². The minimum atomic E-state index is -0.780. The molecule has 0 aliphatic carbocycles. The summed E-state index contributed by atoms with van der Waals surface area (Å²) in [6.45, 7) is -0.441. The van der Waals surface area contributed by atoms with E-state index in [-0.39, 0.29) is 18.3 Å². The molecule has 1 aromatic heterocycles. The molecule has 2 N–H and O–H groups in total. The number of esters is 1. The number of para-hydroxylation sites is 2. The van der Waals surface area contributed by atoms with Crippen LogP contribution in [0.4, 0.5) is 5.69 Å². The highest BCUT2D eigenvalue weighted by Crippen LogP contribution is 2.28. The molecule has 0 aliphatic heterocycles. The van der Waals surface area contributed by atoms with Crippen molar-refractivity contribution < 1.29 is 28.3 Å². The number of furan rings is 1. The van der Waals surface area contributed by atoms with Gasteiger partial charge in [-0.15, -0.1) is 0 Å². The van der Waals surface area contributed by atoms with E-state index < -0.39 is 18.5 Å². The summed E-state index contributed by atoms with van der Waals surface area (Å²) in [7, 11) is 1.52. The Morgan fingerprint density at radius 2 is 1.68 bits per heavy atom. The Labute approximate surface area is 195 Å². The third kappa shape index (κ3) is 5.24. The van der Waals surface area contributed by atoms with Crippen LogP contribution in [0.2, 0.25) is 0 Å². The summed E-state index contributed by atoms with van der Waals surface area (Å²) in [5.41, 5.74) is 1.84. The average molecular weight is 458 g/mol. The van der Waals surface area contributed by atoms with Crippen molar-refractivity contribution in [2.75, 3.05) is 19.0 Å². The monoisotopic (exact) mass is 458 g/mol. The minimum absolute atomic E-state index is 0.0217. The fourth-order valence-electron chi connectivity index (χ4n) is 3.36. The van der Waals surface area contributed by atoms with Crippen molar-refractivity contribution in [1.82, 2.24) is 5.32 Å². The molecule has 0 saturated heterocycles. The molecule has 0 atom stereocenters. The van der Waals surface area contributed by atoms with E-state index >= 15 is 0 Å². The molecule has 1 heterocycles. The molecule has 2 amide bonds. The zero-order chi connectivity index (χ0) is 23.9. The van der Waals surface area contributed by atoms with Gasteiger partial charge in [0.1, 0.15) is 17.9 Å². The number of anilines is 1. The summed E-state index contributed by atoms with van der Waals surface area (Å²) in [4.78, 5) is 36.9. The van der Waals surface area contributed by atoms with Crippen molar-refractivity contribution in [2.45, 2.75) is 6.61 Å². The van der Waals surface area contributed by atoms with Crippen LogP contribution < -0.4 is 15.4 Å². The quantitative estimate of drug-likeness (QED) is 0.384. The third-order valence-corrected chi connectivity index (χ3v) is 4.98. The van der Waals surface area contributed by atoms with Crippen LogP contribution in [0.5, 0.6) is 5.75 Å². The molecule has 0 radical (unpaired) electrons. The number of hydrogen-bond acceptors (Lipinski definition) is 6. The van der Waals surface area contributed by atoms with E-state index in [4.69, 9.17) is 13.9 Å². The number of amides is 2. The van der Waals surface area contributed by atoms with Crippen LogP contribution in [0.25, 0.3) is 11.0 Å². The first-order chi connectivity index (χ1) is 16.5. The van der Waals surface area contributed by atoms with E-state index in [1.165, 1.54) is 13.1 Å². The molecule has 0 aliphatic rings. The van der Waals surface area contributed by atoms with Crippen molar-refractivity contribution in [3.63, 3.8) is 0 Å². The lowest BCUT2D eigenvalue weighted by atomic mass is 10.1. The number of ether oxygens (including phenoxy) is 2. The van der Waals surface area contributed by atoms with Gasteiger partial charge >= 0.3 is 5.97 Å². The van der Waals surface area contributed by atoms with Gasteiger partial charge in [-0.25, -0.2) is 4.79 Å². The Balaban J connectivity index is 1.44. The van der Waals surface area contributed by atoms with Crippen LogP contribution in [-0.2, 0) is 16.1 Å². The van der Waals surface area contributed by atoms with Crippen molar-refractivity contribution in [3.05, 3.63) is 95.7 Å². The predicted octanol–water partition coefficient (Wildman–Crippen LogP) is 4.17. The Morgan fingerprint density at radius 3 is 2.47 bits per heavy atom. The number of carbonyl (C=O) groups excluding carboxylic acids is 3. The Hall–Kier alpha value is -4.59. The van der Waals surface area contributed by atoms with E-state index in [9.17, 15) is 14.4 Å². The molecule has 4 aromatic rings. The molecular weight excluding hydrogens is 436 g/mol. The maximum absolute atomic E-state index is 12.8. The second-order valence-corrected chi connectivity index (χ2v) is 7.29. The number of nitrogens with one attached hydrogen (secondary N) is 2. The predicted molar refractivity (Wildman–Crippen MR) is 126 cm³/mol. The SMILES string of the molecule is CNC(=O)c1cccc(NC(=O)COC(=O)c2oc3ccccc3c2COc2ccccc2)c1. The number of fused-ring (bicyclic) bond motifs is 1. The topological polar surface area (TPSA) is 107 Å².